The van der Waals surface area contributed by atoms with Gasteiger partial charge in [-0.1, -0.05) is 38.1 Å². The van der Waals surface area contributed by atoms with Gasteiger partial charge in [-0.25, -0.2) is 0 Å². The third-order valence-corrected chi connectivity index (χ3v) is 6.50. The number of hydrogen-bond donors (Lipinski definition) is 0. The highest BCUT2D eigenvalue weighted by atomic mass is 16.6. The van der Waals surface area contributed by atoms with Crippen LogP contribution in [-0.2, 0) is 9.47 Å². The molecule has 2 heterocycles. The zero-order valence-electron chi connectivity index (χ0n) is 21.3. The van der Waals surface area contributed by atoms with Crippen LogP contribution in [0.5, 0.6) is 23.0 Å². The summed E-state index contributed by atoms with van der Waals surface area (Å²) in [7, 11) is 0. The molecule has 2 atom stereocenters. The summed E-state index contributed by atoms with van der Waals surface area (Å²) in [5.41, 5.74) is -0.172. The van der Waals surface area contributed by atoms with E-state index in [1.54, 1.807) is 0 Å². The number of epoxide rings is 2. The van der Waals surface area contributed by atoms with Crippen molar-refractivity contribution in [3.63, 3.8) is 0 Å². The van der Waals surface area contributed by atoms with Crippen molar-refractivity contribution in [2.75, 3.05) is 39.6 Å². The molecule has 4 aromatic carbocycles. The molecule has 0 spiro atoms. The Morgan fingerprint density at radius 3 is 1.22 bits per heavy atom. The summed E-state index contributed by atoms with van der Waals surface area (Å²) in [6.07, 6.45) is 0.502. The quantitative estimate of drug-likeness (QED) is 0.221. The molecule has 0 amide bonds. The van der Waals surface area contributed by atoms with Crippen molar-refractivity contribution < 1.29 is 28.4 Å². The molecule has 0 radical (unpaired) electrons. The van der Waals surface area contributed by atoms with E-state index >= 15 is 0 Å². The number of rotatable bonds is 12. The van der Waals surface area contributed by atoms with Gasteiger partial charge < -0.3 is 28.4 Å². The Bertz CT molecular complexity index is 1280. The van der Waals surface area contributed by atoms with Crippen LogP contribution in [-0.4, -0.2) is 51.8 Å². The standard InChI is InChI=1S/C31H32O6/c1-31(2,19-36-27-9-5-21-11-25(7-3-23(21)13-27)32-15-29-17-34-29)20-37-28-10-6-22-12-26(8-4-24(22)14-28)33-16-30-18-35-30/h3-14,29-30H,15-20H2,1-2H3. The lowest BCUT2D eigenvalue weighted by Gasteiger charge is -2.25. The second kappa shape index (κ2) is 10.1. The molecule has 2 fully saturated rings. The fourth-order valence-corrected chi connectivity index (χ4v) is 4.07. The van der Waals surface area contributed by atoms with Crippen LogP contribution in [0.1, 0.15) is 13.8 Å². The van der Waals surface area contributed by atoms with Crippen LogP contribution in [0, 0.1) is 5.41 Å². The average Bonchev–Trinajstić information content (AvgIpc) is 3.84. The third kappa shape index (κ3) is 6.45. The van der Waals surface area contributed by atoms with E-state index in [1.165, 1.54) is 0 Å². The lowest BCUT2D eigenvalue weighted by atomic mass is 9.96. The SMILES string of the molecule is CC(C)(COc1ccc2cc(OCC3CO3)ccc2c1)COc1ccc2cc(OCC3CO3)ccc2c1. The summed E-state index contributed by atoms with van der Waals surface area (Å²) >= 11 is 0. The Kier molecular flexibility index (Phi) is 6.53. The molecule has 192 valence electrons. The van der Waals surface area contributed by atoms with E-state index in [0.717, 1.165) is 57.8 Å². The van der Waals surface area contributed by atoms with E-state index in [9.17, 15) is 0 Å². The van der Waals surface area contributed by atoms with E-state index in [1.807, 2.05) is 24.3 Å². The molecule has 6 rings (SSSR count). The molecule has 2 unspecified atom stereocenters. The molecule has 0 saturated carbocycles. The van der Waals surface area contributed by atoms with Crippen molar-refractivity contribution in [3.05, 3.63) is 72.8 Å². The van der Waals surface area contributed by atoms with Gasteiger partial charge in [-0.15, -0.1) is 0 Å². The van der Waals surface area contributed by atoms with Crippen molar-refractivity contribution in [3.8, 4) is 23.0 Å². The number of hydrogen-bond acceptors (Lipinski definition) is 6. The Labute approximate surface area is 217 Å². The second-order valence-electron chi connectivity index (χ2n) is 10.6. The van der Waals surface area contributed by atoms with Crippen molar-refractivity contribution in [2.45, 2.75) is 26.1 Å². The fourth-order valence-electron chi connectivity index (χ4n) is 4.07. The number of ether oxygens (including phenoxy) is 6. The summed E-state index contributed by atoms with van der Waals surface area (Å²) in [6, 6.07) is 24.5. The smallest absolute Gasteiger partial charge is 0.120 e. The maximum absolute atomic E-state index is 6.16. The van der Waals surface area contributed by atoms with Gasteiger partial charge in [0.15, 0.2) is 0 Å². The molecule has 2 saturated heterocycles. The molecule has 2 aliphatic rings. The lowest BCUT2D eigenvalue weighted by molar-refractivity contribution is 0.111. The molecule has 4 aromatic rings. The molecule has 2 aliphatic heterocycles. The van der Waals surface area contributed by atoms with Gasteiger partial charge in [0.1, 0.15) is 48.4 Å². The van der Waals surface area contributed by atoms with Crippen molar-refractivity contribution in [2.24, 2.45) is 5.41 Å². The normalized spacial score (nSPS) is 18.5. The molecule has 6 heteroatoms. The summed E-state index contributed by atoms with van der Waals surface area (Å²) < 4.78 is 34.3. The van der Waals surface area contributed by atoms with Gasteiger partial charge in [0.2, 0.25) is 0 Å². The predicted octanol–water partition coefficient (Wildman–Crippen LogP) is 6.03. The van der Waals surface area contributed by atoms with Gasteiger partial charge in [-0.05, 0) is 70.1 Å². The Hall–Kier alpha value is -3.48. The van der Waals surface area contributed by atoms with Crippen molar-refractivity contribution in [1.29, 1.82) is 0 Å². The molecular formula is C31H32O6. The van der Waals surface area contributed by atoms with Crippen LogP contribution in [0.2, 0.25) is 0 Å². The van der Waals surface area contributed by atoms with Gasteiger partial charge in [-0.3, -0.25) is 0 Å². The summed E-state index contributed by atoms with van der Waals surface area (Å²) in [5.74, 6) is 3.41. The van der Waals surface area contributed by atoms with Crippen LogP contribution in [0.15, 0.2) is 72.8 Å². The zero-order chi connectivity index (χ0) is 25.2. The first kappa shape index (κ1) is 23.9. The van der Waals surface area contributed by atoms with Gasteiger partial charge in [-0.2, -0.15) is 0 Å². The predicted molar refractivity (Wildman–Crippen MR) is 143 cm³/mol. The van der Waals surface area contributed by atoms with Crippen LogP contribution in [0.25, 0.3) is 21.5 Å². The minimum atomic E-state index is -0.172. The monoisotopic (exact) mass is 500 g/mol. The maximum Gasteiger partial charge on any atom is 0.120 e. The molecule has 37 heavy (non-hydrogen) atoms. The fraction of sp³-hybridized carbons (Fsp3) is 0.355. The molecule has 0 bridgehead atoms. The minimum absolute atomic E-state index is 0.172. The largest absolute Gasteiger partial charge is 0.493 e. The van der Waals surface area contributed by atoms with Crippen molar-refractivity contribution in [1.82, 2.24) is 0 Å². The maximum atomic E-state index is 6.16. The number of benzene rings is 4. The van der Waals surface area contributed by atoms with E-state index in [4.69, 9.17) is 28.4 Å². The second-order valence-corrected chi connectivity index (χ2v) is 10.6. The highest BCUT2D eigenvalue weighted by molar-refractivity contribution is 5.86. The Morgan fingerprint density at radius 1 is 0.568 bits per heavy atom. The van der Waals surface area contributed by atoms with Crippen LogP contribution < -0.4 is 18.9 Å². The average molecular weight is 501 g/mol. The first-order chi connectivity index (χ1) is 18.0. The lowest BCUT2D eigenvalue weighted by Crippen LogP contribution is -2.28. The molecule has 6 nitrogen and oxygen atoms in total. The van der Waals surface area contributed by atoms with Gasteiger partial charge in [0.05, 0.1) is 26.4 Å². The van der Waals surface area contributed by atoms with Gasteiger partial charge in [0, 0.05) is 5.41 Å². The minimum Gasteiger partial charge on any atom is -0.493 e. The third-order valence-electron chi connectivity index (χ3n) is 6.50. The van der Waals surface area contributed by atoms with E-state index in [2.05, 4.69) is 62.4 Å². The first-order valence-electron chi connectivity index (χ1n) is 12.8. The van der Waals surface area contributed by atoms with E-state index in [-0.39, 0.29) is 17.6 Å². The van der Waals surface area contributed by atoms with Crippen LogP contribution in [0.4, 0.5) is 0 Å². The molecule has 0 aliphatic carbocycles. The van der Waals surface area contributed by atoms with E-state index in [0.29, 0.717) is 26.4 Å². The van der Waals surface area contributed by atoms with Gasteiger partial charge in [0.25, 0.3) is 0 Å². The van der Waals surface area contributed by atoms with Crippen LogP contribution >= 0.6 is 0 Å². The van der Waals surface area contributed by atoms with E-state index < -0.39 is 0 Å². The summed E-state index contributed by atoms with van der Waals surface area (Å²) in [6.45, 7) is 8.19. The summed E-state index contributed by atoms with van der Waals surface area (Å²) in [4.78, 5) is 0. The van der Waals surface area contributed by atoms with Crippen LogP contribution in [0.3, 0.4) is 0 Å². The summed E-state index contributed by atoms with van der Waals surface area (Å²) in [5, 5.41) is 4.48. The highest BCUT2D eigenvalue weighted by Crippen LogP contribution is 2.29. The highest BCUT2D eigenvalue weighted by Gasteiger charge is 2.24. The van der Waals surface area contributed by atoms with Gasteiger partial charge >= 0.3 is 0 Å². The Balaban J connectivity index is 1.02. The topological polar surface area (TPSA) is 62.0 Å². The first-order valence-corrected chi connectivity index (χ1v) is 12.8. The van der Waals surface area contributed by atoms with Crippen molar-refractivity contribution >= 4 is 21.5 Å². The molecule has 0 aromatic heterocycles. The number of fused-ring (bicyclic) bond motifs is 2. The molecule has 0 N–H and O–H groups in total. The zero-order valence-corrected chi connectivity index (χ0v) is 21.3. The Morgan fingerprint density at radius 2 is 0.892 bits per heavy atom. The molecular weight excluding hydrogens is 468 g/mol.